The lowest BCUT2D eigenvalue weighted by Gasteiger charge is -2.04. The number of esters is 1. The fraction of sp³-hybridized carbons (Fsp3) is 0.200. The predicted molar refractivity (Wildman–Crippen MR) is 52.5 cm³/mol. The van der Waals surface area contributed by atoms with Crippen LogP contribution in [0.15, 0.2) is 24.3 Å². The molecule has 1 aromatic carbocycles. The topological polar surface area (TPSA) is 78.6 Å². The van der Waals surface area contributed by atoms with E-state index in [1.54, 1.807) is 24.3 Å². The summed E-state index contributed by atoms with van der Waals surface area (Å²) < 4.78 is 9.53. The lowest BCUT2D eigenvalue weighted by Crippen LogP contribution is -2.20. The van der Waals surface area contributed by atoms with Crippen molar-refractivity contribution in [1.29, 1.82) is 0 Å². The Kier molecular flexibility index (Phi) is 3.68. The Morgan fingerprint density at radius 3 is 2.33 bits per heavy atom. The molecule has 0 spiro atoms. The fourth-order valence-electron chi connectivity index (χ4n) is 0.960. The zero-order valence-corrected chi connectivity index (χ0v) is 8.23. The summed E-state index contributed by atoms with van der Waals surface area (Å²) in [6, 6.07) is 6.22. The van der Waals surface area contributed by atoms with Crippen LogP contribution in [0.5, 0.6) is 5.75 Å². The maximum Gasteiger partial charge on any atom is 0.337 e. The van der Waals surface area contributed by atoms with E-state index < -0.39 is 11.9 Å². The van der Waals surface area contributed by atoms with Crippen LogP contribution in [0.3, 0.4) is 0 Å². The number of carbonyl (C=O) groups is 2. The van der Waals surface area contributed by atoms with E-state index in [0.717, 1.165) is 0 Å². The molecule has 0 aliphatic carbocycles. The number of carbonyl (C=O) groups excluding carboxylic acids is 2. The molecule has 0 aromatic heterocycles. The number of rotatable bonds is 4. The minimum absolute atomic E-state index is 0.183. The molecule has 0 unspecified atom stereocenters. The molecule has 2 N–H and O–H groups in total. The van der Waals surface area contributed by atoms with Gasteiger partial charge in [0.2, 0.25) is 0 Å². The molecule has 0 bridgehead atoms. The smallest absolute Gasteiger partial charge is 0.337 e. The molecular weight excluding hydrogens is 198 g/mol. The molecule has 1 rings (SSSR count). The Bertz CT molecular complexity index is 358. The molecule has 80 valence electrons. The highest BCUT2D eigenvalue weighted by atomic mass is 16.5. The molecular formula is C10H11NO4. The first-order chi connectivity index (χ1) is 7.13. The van der Waals surface area contributed by atoms with Gasteiger partial charge in [-0.15, -0.1) is 0 Å². The summed E-state index contributed by atoms with van der Waals surface area (Å²) >= 11 is 0. The Morgan fingerprint density at radius 1 is 1.27 bits per heavy atom. The number of hydrogen-bond acceptors (Lipinski definition) is 4. The molecule has 0 aliphatic heterocycles. The molecule has 0 heterocycles. The van der Waals surface area contributed by atoms with Crippen molar-refractivity contribution in [1.82, 2.24) is 0 Å². The van der Waals surface area contributed by atoms with Crippen molar-refractivity contribution in [2.45, 2.75) is 0 Å². The van der Waals surface area contributed by atoms with E-state index in [9.17, 15) is 9.59 Å². The van der Waals surface area contributed by atoms with Crippen LogP contribution in [0.1, 0.15) is 10.4 Å². The minimum atomic E-state index is -0.549. The molecule has 0 radical (unpaired) electrons. The van der Waals surface area contributed by atoms with Crippen molar-refractivity contribution in [2.75, 3.05) is 13.7 Å². The second-order valence-corrected chi connectivity index (χ2v) is 2.77. The van der Waals surface area contributed by atoms with E-state index in [-0.39, 0.29) is 6.61 Å². The normalized spacial score (nSPS) is 9.40. The average Bonchev–Trinajstić information content (AvgIpc) is 2.26. The fourth-order valence-corrected chi connectivity index (χ4v) is 0.960. The van der Waals surface area contributed by atoms with Crippen LogP contribution in [0.4, 0.5) is 0 Å². The van der Waals surface area contributed by atoms with Crippen molar-refractivity contribution < 1.29 is 19.1 Å². The summed E-state index contributed by atoms with van der Waals surface area (Å²) in [6.45, 7) is -0.183. The first-order valence-electron chi connectivity index (χ1n) is 4.23. The maximum atomic E-state index is 11.1. The molecule has 0 aliphatic rings. The van der Waals surface area contributed by atoms with Crippen LogP contribution in [0.25, 0.3) is 0 Å². The summed E-state index contributed by atoms with van der Waals surface area (Å²) in [4.78, 5) is 21.5. The van der Waals surface area contributed by atoms with Gasteiger partial charge in [-0.05, 0) is 24.3 Å². The molecule has 15 heavy (non-hydrogen) atoms. The van der Waals surface area contributed by atoms with Crippen LogP contribution in [0, 0.1) is 0 Å². The third-order valence-corrected chi connectivity index (χ3v) is 1.66. The van der Waals surface area contributed by atoms with Gasteiger partial charge in [0.25, 0.3) is 5.91 Å². The van der Waals surface area contributed by atoms with Gasteiger partial charge in [-0.1, -0.05) is 0 Å². The lowest BCUT2D eigenvalue weighted by atomic mass is 10.2. The Balaban J connectivity index is 2.64. The van der Waals surface area contributed by atoms with Gasteiger partial charge in [0.05, 0.1) is 12.7 Å². The Labute approximate surface area is 86.8 Å². The number of amides is 1. The molecule has 1 aromatic rings. The van der Waals surface area contributed by atoms with Gasteiger partial charge in [0.1, 0.15) is 5.75 Å². The quantitative estimate of drug-likeness (QED) is 0.725. The lowest BCUT2D eigenvalue weighted by molar-refractivity contribution is -0.119. The number of primary amides is 1. The van der Waals surface area contributed by atoms with Crippen LogP contribution >= 0.6 is 0 Å². The number of benzene rings is 1. The minimum Gasteiger partial charge on any atom is -0.484 e. The number of nitrogens with two attached hydrogens (primary N) is 1. The van der Waals surface area contributed by atoms with E-state index in [4.69, 9.17) is 10.5 Å². The zero-order valence-electron chi connectivity index (χ0n) is 8.23. The van der Waals surface area contributed by atoms with E-state index >= 15 is 0 Å². The zero-order chi connectivity index (χ0) is 11.3. The summed E-state index contributed by atoms with van der Waals surface area (Å²) in [5.41, 5.74) is 5.32. The molecule has 0 saturated carbocycles. The van der Waals surface area contributed by atoms with Crippen molar-refractivity contribution in [3.8, 4) is 5.75 Å². The van der Waals surface area contributed by atoms with Crippen molar-refractivity contribution in [2.24, 2.45) is 5.73 Å². The van der Waals surface area contributed by atoms with Crippen LogP contribution < -0.4 is 10.5 Å². The van der Waals surface area contributed by atoms with Gasteiger partial charge in [-0.25, -0.2) is 4.79 Å². The molecule has 5 heteroatoms. The molecule has 1 amide bonds. The SMILES string of the molecule is COC(=O)c1ccc(OCC(N)=O)cc1. The first kappa shape index (κ1) is 11.0. The van der Waals surface area contributed by atoms with Crippen LogP contribution in [-0.4, -0.2) is 25.6 Å². The summed E-state index contributed by atoms with van der Waals surface area (Å²) in [5, 5.41) is 0. The molecule has 0 saturated heterocycles. The van der Waals surface area contributed by atoms with Gasteiger partial charge < -0.3 is 15.2 Å². The summed E-state index contributed by atoms with van der Waals surface area (Å²) in [7, 11) is 1.31. The van der Waals surface area contributed by atoms with Crippen molar-refractivity contribution >= 4 is 11.9 Å². The molecule has 0 fully saturated rings. The molecule has 5 nitrogen and oxygen atoms in total. The monoisotopic (exact) mass is 209 g/mol. The van der Waals surface area contributed by atoms with Crippen LogP contribution in [-0.2, 0) is 9.53 Å². The van der Waals surface area contributed by atoms with E-state index in [2.05, 4.69) is 4.74 Å². The highest BCUT2D eigenvalue weighted by Crippen LogP contribution is 2.12. The van der Waals surface area contributed by atoms with Gasteiger partial charge >= 0.3 is 5.97 Å². The van der Waals surface area contributed by atoms with Gasteiger partial charge in [0, 0.05) is 0 Å². The van der Waals surface area contributed by atoms with Crippen LogP contribution in [0.2, 0.25) is 0 Å². The highest BCUT2D eigenvalue weighted by Gasteiger charge is 2.04. The maximum absolute atomic E-state index is 11.1. The van der Waals surface area contributed by atoms with Gasteiger partial charge in [-0.2, -0.15) is 0 Å². The van der Waals surface area contributed by atoms with E-state index in [0.29, 0.717) is 11.3 Å². The standard InChI is InChI=1S/C10H11NO4/c1-14-10(13)7-2-4-8(5-3-7)15-6-9(11)12/h2-5H,6H2,1H3,(H2,11,12). The van der Waals surface area contributed by atoms with Gasteiger partial charge in [-0.3, -0.25) is 4.79 Å². The third kappa shape index (κ3) is 3.30. The Morgan fingerprint density at radius 2 is 1.87 bits per heavy atom. The third-order valence-electron chi connectivity index (χ3n) is 1.66. The Hall–Kier alpha value is -2.04. The van der Waals surface area contributed by atoms with Crippen molar-refractivity contribution in [3.05, 3.63) is 29.8 Å². The largest absolute Gasteiger partial charge is 0.484 e. The van der Waals surface area contributed by atoms with E-state index in [1.807, 2.05) is 0 Å². The number of ether oxygens (including phenoxy) is 2. The highest BCUT2D eigenvalue weighted by molar-refractivity contribution is 5.89. The second-order valence-electron chi connectivity index (χ2n) is 2.77. The predicted octanol–water partition coefficient (Wildman–Crippen LogP) is 0.337. The van der Waals surface area contributed by atoms with Gasteiger partial charge in [0.15, 0.2) is 6.61 Å². The first-order valence-corrected chi connectivity index (χ1v) is 4.23. The molecule has 0 atom stereocenters. The van der Waals surface area contributed by atoms with Crippen molar-refractivity contribution in [3.63, 3.8) is 0 Å². The summed E-state index contributed by atoms with van der Waals surface area (Å²) in [6.07, 6.45) is 0. The summed E-state index contributed by atoms with van der Waals surface area (Å²) in [5.74, 6) is -0.495. The number of methoxy groups -OCH3 is 1. The average molecular weight is 209 g/mol. The number of hydrogen-bond donors (Lipinski definition) is 1. The second kappa shape index (κ2) is 4.99. The van der Waals surface area contributed by atoms with E-state index in [1.165, 1.54) is 7.11 Å².